The van der Waals surface area contributed by atoms with Crippen molar-refractivity contribution in [3.8, 4) is 28.7 Å². The van der Waals surface area contributed by atoms with Gasteiger partial charge in [-0.2, -0.15) is 0 Å². The van der Waals surface area contributed by atoms with Crippen molar-refractivity contribution in [1.82, 2.24) is 0 Å². The van der Waals surface area contributed by atoms with Gasteiger partial charge in [0.05, 0.1) is 18.2 Å². The number of aliphatic hydroxyl groups is 5. The van der Waals surface area contributed by atoms with Crippen LogP contribution in [0, 0.1) is 0 Å². The molecule has 6 atom stereocenters. The summed E-state index contributed by atoms with van der Waals surface area (Å²) in [6, 6.07) is 6.09. The van der Waals surface area contributed by atoms with Crippen LogP contribution in [0.1, 0.15) is 17.2 Å². The molecule has 0 bridgehead atoms. The topological polar surface area (TPSA) is 196 Å². The fourth-order valence-electron chi connectivity index (χ4n) is 3.63. The van der Waals surface area contributed by atoms with Crippen molar-refractivity contribution >= 4 is 6.08 Å². The number of ether oxygens (including phenoxy) is 3. The van der Waals surface area contributed by atoms with E-state index in [0.717, 1.165) is 12.1 Å². The fourth-order valence-corrected chi connectivity index (χ4v) is 3.63. The number of rotatable bonds is 4. The van der Waals surface area contributed by atoms with Gasteiger partial charge in [-0.15, -0.1) is 0 Å². The molecule has 8 N–H and O–H groups in total. The Kier molecular flexibility index (Phi) is 5.75. The fraction of sp³-hybridized carbons (Fsp3) is 0.333. The average molecular weight is 450 g/mol. The van der Waals surface area contributed by atoms with Crippen LogP contribution in [-0.2, 0) is 9.47 Å². The van der Waals surface area contributed by atoms with Gasteiger partial charge >= 0.3 is 0 Å². The van der Waals surface area contributed by atoms with E-state index in [1.807, 2.05) is 0 Å². The van der Waals surface area contributed by atoms with E-state index >= 15 is 0 Å². The first-order valence-electron chi connectivity index (χ1n) is 9.65. The molecule has 2 aromatic rings. The number of benzene rings is 2. The van der Waals surface area contributed by atoms with Crippen LogP contribution < -0.4 is 5.11 Å². The quantitative estimate of drug-likeness (QED) is 0.285. The third kappa shape index (κ3) is 3.87. The Hall–Kier alpha value is -3.22. The zero-order chi connectivity index (χ0) is 23.2. The molecule has 0 aromatic heterocycles. The summed E-state index contributed by atoms with van der Waals surface area (Å²) >= 11 is 0. The Morgan fingerprint density at radius 3 is 2.41 bits per heavy atom. The van der Waals surface area contributed by atoms with Crippen LogP contribution in [0.2, 0.25) is 0 Å². The Morgan fingerprint density at radius 1 is 0.969 bits per heavy atom. The minimum Gasteiger partial charge on any atom is -0.870 e. The van der Waals surface area contributed by atoms with Gasteiger partial charge in [0.25, 0.3) is 11.9 Å². The van der Waals surface area contributed by atoms with E-state index in [0.29, 0.717) is 5.56 Å². The van der Waals surface area contributed by atoms with Crippen molar-refractivity contribution in [2.75, 3.05) is 6.61 Å². The predicted molar refractivity (Wildman–Crippen MR) is 105 cm³/mol. The zero-order valence-electron chi connectivity index (χ0n) is 16.4. The highest BCUT2D eigenvalue weighted by Gasteiger charge is 2.46. The molecular formula is C21H22O11. The number of fused-ring (bicyclic) bond motifs is 1. The summed E-state index contributed by atoms with van der Waals surface area (Å²) in [5.74, 6) is -1.50. The zero-order valence-corrected chi connectivity index (χ0v) is 16.4. The highest BCUT2D eigenvalue weighted by atomic mass is 16.7. The van der Waals surface area contributed by atoms with Gasteiger partial charge in [-0.1, -0.05) is 11.8 Å². The van der Waals surface area contributed by atoms with E-state index in [1.165, 1.54) is 24.3 Å². The smallest absolute Gasteiger partial charge is 0.270 e. The van der Waals surface area contributed by atoms with Crippen LogP contribution in [0.25, 0.3) is 6.08 Å². The van der Waals surface area contributed by atoms with Crippen LogP contribution >= 0.6 is 0 Å². The summed E-state index contributed by atoms with van der Waals surface area (Å²) < 4.78 is 15.6. The minimum atomic E-state index is -1.69. The lowest BCUT2D eigenvalue weighted by Gasteiger charge is -2.40. The third-order valence-electron chi connectivity index (χ3n) is 5.34. The van der Waals surface area contributed by atoms with Crippen molar-refractivity contribution in [3.05, 3.63) is 47.2 Å². The van der Waals surface area contributed by atoms with Crippen LogP contribution in [0.3, 0.4) is 0 Å². The second-order valence-corrected chi connectivity index (χ2v) is 7.52. The largest absolute Gasteiger partial charge is 0.870 e. The standard InChI is InChI=1S/C21H22O11/c22-7-16-17(27)18(28)19(29)21(32-16)31-15-6-10-12(25)4-9(23)5-14(10)30-20(15)8-1-2-11(24)13(26)3-8/h1-6,16-29H,7H2/t16-,17-,18+,19-,20?,21-/m1/s1. The normalized spacial score (nSPS) is 29.6. The third-order valence-corrected chi connectivity index (χ3v) is 5.34. The molecule has 0 aliphatic carbocycles. The maximum absolute atomic E-state index is 11.6. The molecule has 11 nitrogen and oxygen atoms in total. The summed E-state index contributed by atoms with van der Waals surface area (Å²) in [7, 11) is 0. The number of hydrogen-bond donors (Lipinski definition) is 7. The van der Waals surface area contributed by atoms with Crippen molar-refractivity contribution in [3.63, 3.8) is 0 Å². The van der Waals surface area contributed by atoms with Crippen LogP contribution in [0.15, 0.2) is 36.1 Å². The monoisotopic (exact) mass is 450 g/mol. The summed E-state index contributed by atoms with van der Waals surface area (Å²) in [4.78, 5) is 0. The van der Waals surface area contributed by atoms with E-state index < -0.39 is 54.9 Å². The maximum Gasteiger partial charge on any atom is 0.270 e. The van der Waals surface area contributed by atoms with Gasteiger partial charge < -0.3 is 55.1 Å². The van der Waals surface area contributed by atoms with Gasteiger partial charge in [-0.05, 0) is 12.1 Å². The molecule has 0 radical (unpaired) electrons. The van der Waals surface area contributed by atoms with Crippen molar-refractivity contribution in [2.24, 2.45) is 0 Å². The highest BCUT2D eigenvalue weighted by Crippen LogP contribution is 2.46. The molecule has 1 saturated heterocycles. The molecule has 1 fully saturated rings. The van der Waals surface area contributed by atoms with Gasteiger partial charge in [-0.3, -0.25) is 0 Å². The molecule has 172 valence electrons. The van der Waals surface area contributed by atoms with Gasteiger partial charge in [0, 0.05) is 12.1 Å². The number of aliphatic hydroxyl groups excluding tert-OH is 4. The molecule has 1 unspecified atom stereocenters. The van der Waals surface area contributed by atoms with E-state index in [-0.39, 0.29) is 28.6 Å². The number of hydrogen-bond acceptors (Lipinski definition) is 10. The van der Waals surface area contributed by atoms with Crippen molar-refractivity contribution in [1.29, 1.82) is 0 Å². The summed E-state index contributed by atoms with van der Waals surface area (Å²) in [6.45, 7) is -0.653. The Balaban J connectivity index is 1.74. The molecular weight excluding hydrogens is 428 g/mol. The van der Waals surface area contributed by atoms with Crippen molar-refractivity contribution < 1.29 is 55.1 Å². The molecule has 0 spiro atoms. The van der Waals surface area contributed by atoms with Crippen molar-refractivity contribution in [2.45, 2.75) is 36.8 Å². The Bertz CT molecular complexity index is 1030. The lowest BCUT2D eigenvalue weighted by Crippen LogP contribution is -2.59. The molecule has 2 aromatic carbocycles. The first kappa shape index (κ1) is 22.0. The predicted octanol–water partition coefficient (Wildman–Crippen LogP) is -0.969. The lowest BCUT2D eigenvalue weighted by atomic mass is 9.98. The van der Waals surface area contributed by atoms with Crippen LogP contribution in [0.4, 0.5) is 0 Å². The molecule has 2 aliphatic rings. The first-order valence-corrected chi connectivity index (χ1v) is 9.65. The van der Waals surface area contributed by atoms with Gasteiger partial charge in [0.1, 0.15) is 47.2 Å². The molecule has 2 aliphatic heterocycles. The number of aromatic hydroxyl groups is 4. The number of phenols is 3. The maximum atomic E-state index is 11.6. The molecule has 2 heterocycles. The van der Waals surface area contributed by atoms with E-state index in [2.05, 4.69) is 4.74 Å². The molecule has 4 rings (SSSR count). The molecule has 32 heavy (non-hydrogen) atoms. The Morgan fingerprint density at radius 2 is 1.72 bits per heavy atom. The van der Waals surface area contributed by atoms with E-state index in [4.69, 9.17) is 9.47 Å². The van der Waals surface area contributed by atoms with Gasteiger partial charge in [-0.25, -0.2) is 0 Å². The average Bonchev–Trinajstić information content (AvgIpc) is 2.76. The molecule has 0 saturated carbocycles. The molecule has 11 heteroatoms. The summed E-state index contributed by atoms with van der Waals surface area (Å²) in [6.07, 6.45) is -7.31. The highest BCUT2D eigenvalue weighted by molar-refractivity contribution is 5.69. The van der Waals surface area contributed by atoms with Crippen LogP contribution in [-0.4, -0.2) is 77.8 Å². The minimum absolute atomic E-state index is 0.000804. The molecule has 0 amide bonds. The lowest BCUT2D eigenvalue weighted by molar-refractivity contribution is -0.295. The SMILES string of the molecule is [O-]c1ccc(C2[OH+]c3cc(O)cc(O)c3C=C2O[C@@H]2O[C@H](CO)[C@@H](O)[C@H](O)[C@H]2O)cc1O. The van der Waals surface area contributed by atoms with Crippen LogP contribution in [0.5, 0.6) is 28.7 Å². The number of phenolic OH excluding ortho intramolecular Hbond substituents is 3. The second-order valence-electron chi connectivity index (χ2n) is 7.52. The van der Waals surface area contributed by atoms with E-state index in [9.17, 15) is 40.9 Å². The summed E-state index contributed by atoms with van der Waals surface area (Å²) in [5, 5.41) is 81.2. The van der Waals surface area contributed by atoms with Gasteiger partial charge in [0.2, 0.25) is 6.29 Å². The first-order chi connectivity index (χ1) is 15.2. The second kappa shape index (κ2) is 8.37. The van der Waals surface area contributed by atoms with E-state index in [1.54, 1.807) is 0 Å². The van der Waals surface area contributed by atoms with Gasteiger partial charge in [0.15, 0.2) is 5.76 Å². The Labute approximate surface area is 181 Å². The summed E-state index contributed by atoms with van der Waals surface area (Å²) in [5.41, 5.74) is 0.495.